The molecule has 0 aromatic heterocycles. The number of fused-ring (bicyclic) bond motifs is 1. The molecule has 0 radical (unpaired) electrons. The fraction of sp³-hybridized carbons (Fsp3) is 0.375. The molecule has 1 heterocycles. The number of nitrogens with one attached hydrogen (secondary N) is 2. The van der Waals surface area contributed by atoms with Gasteiger partial charge in [0.1, 0.15) is 0 Å². The molecule has 3 amide bonds. The Labute approximate surface area is 176 Å². The second-order valence-electron chi connectivity index (χ2n) is 8.46. The van der Waals surface area contributed by atoms with Gasteiger partial charge in [0.15, 0.2) is 0 Å². The molecule has 2 aromatic rings. The summed E-state index contributed by atoms with van der Waals surface area (Å²) in [5, 5.41) is 5.79. The highest BCUT2D eigenvalue weighted by atomic mass is 16.2. The van der Waals surface area contributed by atoms with Gasteiger partial charge in [0.2, 0.25) is 11.8 Å². The lowest BCUT2D eigenvalue weighted by atomic mass is 9.72. The van der Waals surface area contributed by atoms with E-state index in [0.717, 1.165) is 24.8 Å². The van der Waals surface area contributed by atoms with Gasteiger partial charge in [-0.1, -0.05) is 43.3 Å². The third-order valence-corrected chi connectivity index (χ3v) is 6.17. The first-order valence-electron chi connectivity index (χ1n) is 10.4. The number of nitrogens with zero attached hydrogens (tertiary/aromatic N) is 1. The molecule has 1 aliphatic heterocycles. The van der Waals surface area contributed by atoms with Crippen molar-refractivity contribution < 1.29 is 14.4 Å². The summed E-state index contributed by atoms with van der Waals surface area (Å²) in [5.74, 6) is -0.210. The van der Waals surface area contributed by atoms with E-state index in [4.69, 9.17) is 0 Å². The lowest BCUT2D eigenvalue weighted by Crippen LogP contribution is -2.49. The quantitative estimate of drug-likeness (QED) is 0.817. The number of amides is 3. The van der Waals surface area contributed by atoms with Crippen molar-refractivity contribution >= 4 is 17.7 Å². The lowest BCUT2D eigenvalue weighted by Gasteiger charge is -2.33. The minimum absolute atomic E-state index is 0.0662. The van der Waals surface area contributed by atoms with Crippen molar-refractivity contribution in [3.05, 3.63) is 70.8 Å². The Morgan fingerprint density at radius 3 is 2.57 bits per heavy atom. The Hall–Kier alpha value is -3.15. The maximum Gasteiger partial charge on any atom is 0.254 e. The highest BCUT2D eigenvalue weighted by molar-refractivity contribution is 5.97. The van der Waals surface area contributed by atoms with Gasteiger partial charge in [-0.2, -0.15) is 0 Å². The van der Waals surface area contributed by atoms with Crippen LogP contribution in [0.25, 0.3) is 0 Å². The SMILES string of the molecule is CC1(C(=O)NCc2ccc(C(=O)N3CCNC(=O)C3)cc2)CCc2ccccc2C1. The average Bonchev–Trinajstić information content (AvgIpc) is 2.77. The van der Waals surface area contributed by atoms with Crippen LogP contribution in [0.1, 0.15) is 40.4 Å². The van der Waals surface area contributed by atoms with E-state index in [0.29, 0.717) is 25.2 Å². The molecule has 1 unspecified atom stereocenters. The van der Waals surface area contributed by atoms with Crippen molar-refractivity contribution in [3.63, 3.8) is 0 Å². The van der Waals surface area contributed by atoms with Crippen LogP contribution in [0.3, 0.4) is 0 Å². The normalized spacial score (nSPS) is 20.8. The van der Waals surface area contributed by atoms with Crippen LogP contribution in [0, 0.1) is 5.41 Å². The van der Waals surface area contributed by atoms with Crippen molar-refractivity contribution in [1.29, 1.82) is 0 Å². The van der Waals surface area contributed by atoms with E-state index in [2.05, 4.69) is 28.8 Å². The largest absolute Gasteiger partial charge is 0.353 e. The number of hydrogen-bond donors (Lipinski definition) is 2. The number of hydrogen-bond acceptors (Lipinski definition) is 3. The molecule has 2 aromatic carbocycles. The summed E-state index contributed by atoms with van der Waals surface area (Å²) in [6, 6.07) is 15.6. The summed E-state index contributed by atoms with van der Waals surface area (Å²) in [7, 11) is 0. The van der Waals surface area contributed by atoms with E-state index in [9.17, 15) is 14.4 Å². The molecule has 1 aliphatic carbocycles. The Balaban J connectivity index is 1.34. The Morgan fingerprint density at radius 2 is 1.83 bits per heavy atom. The summed E-state index contributed by atoms with van der Waals surface area (Å²) in [5.41, 5.74) is 3.69. The summed E-state index contributed by atoms with van der Waals surface area (Å²) in [6.45, 7) is 3.56. The maximum absolute atomic E-state index is 12.9. The van der Waals surface area contributed by atoms with E-state index < -0.39 is 5.41 Å². The molecule has 2 aliphatic rings. The molecular weight excluding hydrogens is 378 g/mol. The monoisotopic (exact) mass is 405 g/mol. The highest BCUT2D eigenvalue weighted by Gasteiger charge is 2.36. The molecule has 6 heteroatoms. The van der Waals surface area contributed by atoms with Crippen LogP contribution in [-0.4, -0.2) is 42.3 Å². The Bertz CT molecular complexity index is 970. The third-order valence-electron chi connectivity index (χ3n) is 6.17. The fourth-order valence-electron chi connectivity index (χ4n) is 4.24. The molecule has 2 N–H and O–H groups in total. The number of rotatable bonds is 4. The van der Waals surface area contributed by atoms with Crippen LogP contribution in [0.15, 0.2) is 48.5 Å². The first-order chi connectivity index (χ1) is 14.4. The van der Waals surface area contributed by atoms with Crippen LogP contribution in [0.5, 0.6) is 0 Å². The number of carbonyl (C=O) groups is 3. The van der Waals surface area contributed by atoms with Gasteiger partial charge >= 0.3 is 0 Å². The summed E-state index contributed by atoms with van der Waals surface area (Å²) < 4.78 is 0. The maximum atomic E-state index is 12.9. The molecule has 1 fully saturated rings. The molecule has 0 saturated carbocycles. The second kappa shape index (κ2) is 8.30. The van der Waals surface area contributed by atoms with Crippen molar-refractivity contribution in [2.75, 3.05) is 19.6 Å². The van der Waals surface area contributed by atoms with E-state index in [1.165, 1.54) is 11.1 Å². The minimum atomic E-state index is -0.404. The second-order valence-corrected chi connectivity index (χ2v) is 8.46. The first kappa shape index (κ1) is 20.1. The molecule has 30 heavy (non-hydrogen) atoms. The Kier molecular flexibility index (Phi) is 5.57. The topological polar surface area (TPSA) is 78.5 Å². The summed E-state index contributed by atoms with van der Waals surface area (Å²) in [6.07, 6.45) is 2.52. The van der Waals surface area contributed by atoms with Crippen LogP contribution in [0.4, 0.5) is 0 Å². The lowest BCUT2D eigenvalue weighted by molar-refractivity contribution is -0.131. The molecule has 1 saturated heterocycles. The van der Waals surface area contributed by atoms with E-state index in [-0.39, 0.29) is 24.3 Å². The molecular formula is C24H27N3O3. The van der Waals surface area contributed by atoms with Crippen molar-refractivity contribution in [2.45, 2.75) is 32.7 Å². The first-order valence-corrected chi connectivity index (χ1v) is 10.4. The van der Waals surface area contributed by atoms with E-state index in [1.807, 2.05) is 25.1 Å². The van der Waals surface area contributed by atoms with Gasteiger partial charge in [-0.05, 0) is 48.1 Å². The third kappa shape index (κ3) is 4.22. The Morgan fingerprint density at radius 1 is 1.10 bits per heavy atom. The molecule has 4 rings (SSSR count). The summed E-state index contributed by atoms with van der Waals surface area (Å²) >= 11 is 0. The van der Waals surface area contributed by atoms with Crippen LogP contribution < -0.4 is 10.6 Å². The fourth-order valence-corrected chi connectivity index (χ4v) is 4.24. The van der Waals surface area contributed by atoms with Gasteiger partial charge in [0, 0.05) is 25.2 Å². The number of aryl methyl sites for hydroxylation is 1. The predicted molar refractivity (Wildman–Crippen MR) is 114 cm³/mol. The van der Waals surface area contributed by atoms with Gasteiger partial charge in [-0.15, -0.1) is 0 Å². The van der Waals surface area contributed by atoms with Gasteiger partial charge < -0.3 is 15.5 Å². The van der Waals surface area contributed by atoms with Crippen molar-refractivity contribution in [1.82, 2.24) is 15.5 Å². The standard InChI is InChI=1S/C24H27N3O3/c1-24(11-10-18-4-2-3-5-20(18)14-24)23(30)26-15-17-6-8-19(9-7-17)22(29)27-13-12-25-21(28)16-27/h2-9H,10-16H2,1H3,(H,25,28)(H,26,30). The van der Waals surface area contributed by atoms with Gasteiger partial charge in [0.25, 0.3) is 5.91 Å². The van der Waals surface area contributed by atoms with Crippen LogP contribution >= 0.6 is 0 Å². The van der Waals surface area contributed by atoms with Gasteiger partial charge in [-0.25, -0.2) is 0 Å². The van der Waals surface area contributed by atoms with Crippen LogP contribution in [0.2, 0.25) is 0 Å². The number of benzene rings is 2. The zero-order valence-electron chi connectivity index (χ0n) is 17.2. The highest BCUT2D eigenvalue weighted by Crippen LogP contribution is 2.35. The molecule has 156 valence electrons. The van der Waals surface area contributed by atoms with Crippen molar-refractivity contribution in [2.24, 2.45) is 5.41 Å². The average molecular weight is 405 g/mol. The smallest absolute Gasteiger partial charge is 0.254 e. The van der Waals surface area contributed by atoms with E-state index >= 15 is 0 Å². The predicted octanol–water partition coefficient (Wildman–Crippen LogP) is 2.07. The summed E-state index contributed by atoms with van der Waals surface area (Å²) in [4.78, 5) is 38.5. The van der Waals surface area contributed by atoms with Crippen LogP contribution in [-0.2, 0) is 29.0 Å². The van der Waals surface area contributed by atoms with Gasteiger partial charge in [0.05, 0.1) is 12.0 Å². The zero-order valence-corrected chi connectivity index (χ0v) is 17.2. The van der Waals surface area contributed by atoms with Gasteiger partial charge in [-0.3, -0.25) is 14.4 Å². The number of piperazine rings is 1. The molecule has 0 bridgehead atoms. The number of carbonyl (C=O) groups excluding carboxylic acids is 3. The van der Waals surface area contributed by atoms with Crippen molar-refractivity contribution in [3.8, 4) is 0 Å². The molecule has 0 spiro atoms. The molecule has 1 atom stereocenters. The minimum Gasteiger partial charge on any atom is -0.353 e. The zero-order chi connectivity index (χ0) is 21.1. The molecule has 6 nitrogen and oxygen atoms in total. The van der Waals surface area contributed by atoms with E-state index in [1.54, 1.807) is 17.0 Å².